The summed E-state index contributed by atoms with van der Waals surface area (Å²) in [5.74, 6) is 1.94. The molecule has 0 aliphatic carbocycles. The Labute approximate surface area is 296 Å². The van der Waals surface area contributed by atoms with Crippen LogP contribution in [-0.4, -0.2) is 24.9 Å². The maximum atomic E-state index is 5.16. The molecule has 1 aliphatic rings. The average molecular weight is 676 g/mol. The summed E-state index contributed by atoms with van der Waals surface area (Å²) in [4.78, 5) is 27.6. The van der Waals surface area contributed by atoms with E-state index in [9.17, 15) is 0 Å². The highest BCUT2D eigenvalue weighted by Crippen LogP contribution is 2.50. The number of benzene rings is 7. The van der Waals surface area contributed by atoms with E-state index in [1.165, 1.54) is 15.4 Å². The molecular formula is C43H25N5S2. The second-order valence-corrected chi connectivity index (χ2v) is 14.1. The molecular weight excluding hydrogens is 651 g/mol. The predicted octanol–water partition coefficient (Wildman–Crippen LogP) is 11.4. The van der Waals surface area contributed by atoms with Crippen molar-refractivity contribution in [2.45, 2.75) is 19.8 Å². The highest BCUT2D eigenvalue weighted by atomic mass is 32.2. The molecule has 0 spiro atoms. The van der Waals surface area contributed by atoms with E-state index in [1.54, 1.807) is 23.5 Å². The minimum absolute atomic E-state index is 0.645. The van der Waals surface area contributed by atoms with Gasteiger partial charge in [0.1, 0.15) is 10.1 Å². The number of para-hydroxylation sites is 2. The van der Waals surface area contributed by atoms with Gasteiger partial charge in [0, 0.05) is 26.5 Å². The average Bonchev–Trinajstić information content (AvgIpc) is 3.18. The van der Waals surface area contributed by atoms with Crippen LogP contribution in [0.2, 0.25) is 0 Å². The van der Waals surface area contributed by atoms with Crippen molar-refractivity contribution in [2.24, 2.45) is 0 Å². The molecule has 1 aliphatic heterocycles. The van der Waals surface area contributed by atoms with Crippen molar-refractivity contribution in [3.63, 3.8) is 0 Å². The summed E-state index contributed by atoms with van der Waals surface area (Å²) in [6.45, 7) is 0. The van der Waals surface area contributed by atoms with Gasteiger partial charge in [-0.2, -0.15) is 0 Å². The predicted molar refractivity (Wildman–Crippen MR) is 204 cm³/mol. The molecule has 50 heavy (non-hydrogen) atoms. The van der Waals surface area contributed by atoms with Gasteiger partial charge in [-0.15, -0.1) is 0 Å². The van der Waals surface area contributed by atoms with Gasteiger partial charge in [0.25, 0.3) is 0 Å². The molecule has 7 aromatic carbocycles. The summed E-state index contributed by atoms with van der Waals surface area (Å²) < 4.78 is 0. The Balaban J connectivity index is 1.19. The second kappa shape index (κ2) is 11.9. The molecule has 9 aromatic rings. The fourth-order valence-corrected chi connectivity index (χ4v) is 8.86. The van der Waals surface area contributed by atoms with Gasteiger partial charge < -0.3 is 0 Å². The molecule has 0 bridgehead atoms. The fourth-order valence-electron chi connectivity index (χ4n) is 6.74. The Morgan fingerprint density at radius 2 is 0.760 bits per heavy atom. The van der Waals surface area contributed by atoms with Crippen LogP contribution in [0.1, 0.15) is 0 Å². The van der Waals surface area contributed by atoms with Crippen LogP contribution in [-0.2, 0) is 0 Å². The molecule has 7 heteroatoms. The molecule has 0 atom stereocenters. The summed E-state index contributed by atoms with van der Waals surface area (Å²) >= 11 is 3.38. The summed E-state index contributed by atoms with van der Waals surface area (Å²) in [6, 6.07) is 52.4. The molecule has 5 nitrogen and oxygen atoms in total. The molecule has 2 aromatic heterocycles. The molecule has 0 amide bonds. The highest BCUT2D eigenvalue weighted by molar-refractivity contribution is 8.05. The molecule has 0 N–H and O–H groups in total. The zero-order chi connectivity index (χ0) is 33.0. The van der Waals surface area contributed by atoms with E-state index < -0.39 is 0 Å². The normalized spacial score (nSPS) is 12.2. The lowest BCUT2D eigenvalue weighted by Gasteiger charge is -2.20. The van der Waals surface area contributed by atoms with Crippen LogP contribution in [0, 0.1) is 0 Å². The molecule has 0 saturated carbocycles. The number of rotatable bonds is 4. The first-order valence-corrected chi connectivity index (χ1v) is 18.0. The van der Waals surface area contributed by atoms with Crippen molar-refractivity contribution in [3.8, 4) is 45.3 Å². The monoisotopic (exact) mass is 675 g/mol. The molecule has 3 heterocycles. The molecule has 234 valence electrons. The van der Waals surface area contributed by atoms with Crippen LogP contribution >= 0.6 is 23.5 Å². The third-order valence-corrected chi connectivity index (χ3v) is 11.4. The number of hydrogen-bond acceptors (Lipinski definition) is 7. The van der Waals surface area contributed by atoms with Crippen LogP contribution in [0.5, 0.6) is 0 Å². The molecule has 0 fully saturated rings. The van der Waals surface area contributed by atoms with Gasteiger partial charge in [-0.3, -0.25) is 0 Å². The Morgan fingerprint density at radius 3 is 1.30 bits per heavy atom. The van der Waals surface area contributed by atoms with E-state index in [0.717, 1.165) is 64.9 Å². The van der Waals surface area contributed by atoms with Gasteiger partial charge in [-0.1, -0.05) is 151 Å². The molecule has 10 rings (SSSR count). The Kier molecular flexibility index (Phi) is 6.92. The van der Waals surface area contributed by atoms with Crippen LogP contribution in [0.15, 0.2) is 172 Å². The Bertz CT molecular complexity index is 2650. The van der Waals surface area contributed by atoms with Gasteiger partial charge >= 0.3 is 0 Å². The lowest BCUT2D eigenvalue weighted by molar-refractivity contribution is 0.953. The zero-order valence-corrected chi connectivity index (χ0v) is 28.1. The van der Waals surface area contributed by atoms with Crippen LogP contribution < -0.4 is 0 Å². The SMILES string of the molecule is c1ccc(-c2nc(-c3ccccc3)nc(-c3c4ccccc4c(-c4ccc5c(c4)Sc4nc6ccccc6nc4S5)c4ccccc34)n2)cc1. The van der Waals surface area contributed by atoms with Gasteiger partial charge in [0.15, 0.2) is 17.5 Å². The summed E-state index contributed by atoms with van der Waals surface area (Å²) in [7, 11) is 0. The number of hydrogen-bond donors (Lipinski definition) is 0. The van der Waals surface area contributed by atoms with E-state index in [-0.39, 0.29) is 0 Å². The first-order valence-electron chi connectivity index (χ1n) is 16.3. The van der Waals surface area contributed by atoms with E-state index in [0.29, 0.717) is 17.5 Å². The first kappa shape index (κ1) is 29.1. The lowest BCUT2D eigenvalue weighted by Crippen LogP contribution is -2.01. The summed E-state index contributed by atoms with van der Waals surface area (Å²) in [6.07, 6.45) is 0. The topological polar surface area (TPSA) is 64.5 Å². The maximum absolute atomic E-state index is 5.16. The highest BCUT2D eigenvalue weighted by Gasteiger charge is 2.24. The van der Waals surface area contributed by atoms with E-state index in [4.69, 9.17) is 24.9 Å². The van der Waals surface area contributed by atoms with Gasteiger partial charge in [0.2, 0.25) is 0 Å². The fraction of sp³-hybridized carbons (Fsp3) is 0. The van der Waals surface area contributed by atoms with Crippen molar-refractivity contribution in [1.82, 2.24) is 24.9 Å². The number of nitrogens with zero attached hydrogens (tertiary/aromatic N) is 5. The van der Waals surface area contributed by atoms with Crippen LogP contribution in [0.4, 0.5) is 0 Å². The quantitative estimate of drug-likeness (QED) is 0.172. The smallest absolute Gasteiger partial charge is 0.165 e. The minimum Gasteiger partial charge on any atom is -0.237 e. The summed E-state index contributed by atoms with van der Waals surface area (Å²) in [5, 5.41) is 6.37. The Morgan fingerprint density at radius 1 is 0.320 bits per heavy atom. The number of fused-ring (bicyclic) bond motifs is 5. The molecule has 0 radical (unpaired) electrons. The molecule has 0 unspecified atom stereocenters. The van der Waals surface area contributed by atoms with Crippen molar-refractivity contribution in [2.75, 3.05) is 0 Å². The third kappa shape index (κ3) is 4.93. The van der Waals surface area contributed by atoms with E-state index >= 15 is 0 Å². The zero-order valence-electron chi connectivity index (χ0n) is 26.5. The minimum atomic E-state index is 0.645. The maximum Gasteiger partial charge on any atom is 0.165 e. The van der Waals surface area contributed by atoms with Crippen molar-refractivity contribution in [1.29, 1.82) is 0 Å². The van der Waals surface area contributed by atoms with Crippen LogP contribution in [0.3, 0.4) is 0 Å². The van der Waals surface area contributed by atoms with Crippen molar-refractivity contribution in [3.05, 3.63) is 152 Å². The standard InChI is InChI=1S/C43H25N5S2/c1-3-13-26(14-4-1)39-46-40(27-15-5-2-6-16-27)48-41(47-39)38-31-19-9-7-17-29(31)37(30-18-8-10-20-32(30)38)28-23-24-35-36(25-28)50-43-42(49-35)44-33-21-11-12-22-34(33)45-43/h1-25H. The largest absolute Gasteiger partial charge is 0.237 e. The van der Waals surface area contributed by atoms with Crippen molar-refractivity contribution >= 4 is 56.1 Å². The van der Waals surface area contributed by atoms with E-state index in [2.05, 4.69) is 66.7 Å². The van der Waals surface area contributed by atoms with Gasteiger partial charge in [-0.05, 0) is 56.9 Å². The summed E-state index contributed by atoms with van der Waals surface area (Å²) in [5.41, 5.74) is 7.06. The number of aromatic nitrogens is 5. The van der Waals surface area contributed by atoms with Crippen molar-refractivity contribution < 1.29 is 0 Å². The van der Waals surface area contributed by atoms with Gasteiger partial charge in [0.05, 0.1) is 11.0 Å². The lowest BCUT2D eigenvalue weighted by atomic mass is 9.88. The van der Waals surface area contributed by atoms with E-state index in [1.807, 2.05) is 84.9 Å². The second-order valence-electron chi connectivity index (χ2n) is 12.1. The van der Waals surface area contributed by atoms with Crippen LogP contribution in [0.25, 0.3) is 77.9 Å². The third-order valence-electron chi connectivity index (χ3n) is 9.01. The molecule has 0 saturated heterocycles. The van der Waals surface area contributed by atoms with Gasteiger partial charge in [-0.25, -0.2) is 24.9 Å². The Hall–Kier alpha value is -5.89. The first-order chi connectivity index (χ1) is 24.8.